The smallest absolute Gasteiger partial charge is 0.311 e. The summed E-state index contributed by atoms with van der Waals surface area (Å²) in [4.78, 5) is 19.7. The summed E-state index contributed by atoms with van der Waals surface area (Å²) in [7, 11) is 0. The van der Waals surface area contributed by atoms with E-state index in [0.29, 0.717) is 50.9 Å². The van der Waals surface area contributed by atoms with Crippen molar-refractivity contribution < 1.29 is 19.4 Å². The highest BCUT2D eigenvalue weighted by Crippen LogP contribution is 2.31. The van der Waals surface area contributed by atoms with Crippen LogP contribution in [0.25, 0.3) is 0 Å². The quantitative estimate of drug-likeness (QED) is 0.788. The maximum Gasteiger partial charge on any atom is 0.311 e. The summed E-state index contributed by atoms with van der Waals surface area (Å²) in [5.41, 5.74) is -0.798. The van der Waals surface area contributed by atoms with E-state index in [1.165, 1.54) is 6.33 Å². The van der Waals surface area contributed by atoms with Crippen LogP contribution in [-0.4, -0.2) is 47.4 Å². The number of ether oxygens (including phenoxy) is 2. The molecule has 0 radical (unpaired) electrons. The Balaban J connectivity index is 1.99. The van der Waals surface area contributed by atoms with Crippen molar-refractivity contribution in [2.45, 2.75) is 26.2 Å². The van der Waals surface area contributed by atoms with Gasteiger partial charge in [-0.05, 0) is 19.3 Å². The van der Waals surface area contributed by atoms with E-state index in [9.17, 15) is 9.90 Å². The molecule has 0 amide bonds. The number of carboxylic acids is 1. The highest BCUT2D eigenvalue weighted by Gasteiger charge is 2.40. The lowest BCUT2D eigenvalue weighted by molar-refractivity contribution is -0.153. The zero-order chi connectivity index (χ0) is 15.1. The van der Waals surface area contributed by atoms with Crippen molar-refractivity contribution in [3.8, 4) is 5.88 Å². The number of anilines is 1. The Morgan fingerprint density at radius 2 is 2.24 bits per heavy atom. The molecule has 1 saturated heterocycles. The van der Waals surface area contributed by atoms with Crippen LogP contribution < -0.4 is 10.1 Å². The van der Waals surface area contributed by atoms with Crippen LogP contribution >= 0.6 is 0 Å². The van der Waals surface area contributed by atoms with E-state index < -0.39 is 11.4 Å². The summed E-state index contributed by atoms with van der Waals surface area (Å²) in [5.74, 6) is 0.267. The standard InChI is InChI=1S/C14H21N3O4/c1-2-5-21-12-8-11(16-10-17-12)15-9-14(13(18)19)3-6-20-7-4-14/h8,10H,2-7,9H2,1H3,(H,18,19)(H,15,16,17). The van der Waals surface area contributed by atoms with Crippen LogP contribution in [-0.2, 0) is 9.53 Å². The van der Waals surface area contributed by atoms with Crippen molar-refractivity contribution in [3.63, 3.8) is 0 Å². The number of aromatic nitrogens is 2. The molecule has 0 bridgehead atoms. The van der Waals surface area contributed by atoms with E-state index in [-0.39, 0.29) is 0 Å². The summed E-state index contributed by atoms with van der Waals surface area (Å²) in [6.45, 7) is 3.87. The Labute approximate surface area is 123 Å². The van der Waals surface area contributed by atoms with Crippen molar-refractivity contribution in [1.29, 1.82) is 0 Å². The van der Waals surface area contributed by atoms with Gasteiger partial charge < -0.3 is 19.9 Å². The van der Waals surface area contributed by atoms with Gasteiger partial charge in [-0.1, -0.05) is 6.92 Å². The van der Waals surface area contributed by atoms with Crippen molar-refractivity contribution in [2.24, 2.45) is 5.41 Å². The van der Waals surface area contributed by atoms with Crippen LogP contribution in [0.4, 0.5) is 5.82 Å². The fourth-order valence-electron chi connectivity index (χ4n) is 2.21. The van der Waals surface area contributed by atoms with Gasteiger partial charge in [-0.2, -0.15) is 0 Å². The molecule has 1 aromatic rings. The second kappa shape index (κ2) is 7.21. The molecule has 2 rings (SSSR count). The van der Waals surface area contributed by atoms with E-state index in [1.54, 1.807) is 6.07 Å². The van der Waals surface area contributed by atoms with Gasteiger partial charge in [0.15, 0.2) is 0 Å². The Kier molecular flexibility index (Phi) is 5.32. The normalized spacial score (nSPS) is 17.2. The second-order valence-electron chi connectivity index (χ2n) is 5.14. The van der Waals surface area contributed by atoms with E-state index in [1.807, 2.05) is 6.92 Å². The molecule has 21 heavy (non-hydrogen) atoms. The molecule has 1 fully saturated rings. The molecule has 2 N–H and O–H groups in total. The molecule has 2 heterocycles. The molecule has 7 nitrogen and oxygen atoms in total. The topological polar surface area (TPSA) is 93.6 Å². The van der Waals surface area contributed by atoms with Gasteiger partial charge >= 0.3 is 5.97 Å². The molecule has 0 atom stereocenters. The fourth-order valence-corrected chi connectivity index (χ4v) is 2.21. The number of aliphatic carboxylic acids is 1. The zero-order valence-corrected chi connectivity index (χ0v) is 12.2. The molecule has 1 aliphatic rings. The highest BCUT2D eigenvalue weighted by molar-refractivity contribution is 5.75. The minimum Gasteiger partial charge on any atom is -0.481 e. The van der Waals surface area contributed by atoms with Gasteiger partial charge in [0.25, 0.3) is 0 Å². The number of hydrogen-bond donors (Lipinski definition) is 2. The maximum atomic E-state index is 11.6. The van der Waals surface area contributed by atoms with Gasteiger partial charge in [-0.25, -0.2) is 9.97 Å². The molecule has 7 heteroatoms. The molecule has 0 saturated carbocycles. The molecule has 1 aliphatic heterocycles. The lowest BCUT2D eigenvalue weighted by Crippen LogP contribution is -2.42. The molecular weight excluding hydrogens is 274 g/mol. The number of nitrogens with zero attached hydrogens (tertiary/aromatic N) is 2. The third-order valence-corrected chi connectivity index (χ3v) is 3.61. The van der Waals surface area contributed by atoms with Crippen LogP contribution in [0.15, 0.2) is 12.4 Å². The Morgan fingerprint density at radius 1 is 1.48 bits per heavy atom. The highest BCUT2D eigenvalue weighted by atomic mass is 16.5. The van der Waals surface area contributed by atoms with Crippen molar-refractivity contribution in [3.05, 3.63) is 12.4 Å². The van der Waals surface area contributed by atoms with Gasteiger partial charge in [0.1, 0.15) is 12.1 Å². The molecule has 0 unspecified atom stereocenters. The first-order chi connectivity index (χ1) is 10.2. The lowest BCUT2D eigenvalue weighted by Gasteiger charge is -2.33. The van der Waals surface area contributed by atoms with Gasteiger partial charge in [0.2, 0.25) is 5.88 Å². The summed E-state index contributed by atoms with van der Waals surface area (Å²) < 4.78 is 10.7. The number of carbonyl (C=O) groups is 1. The average Bonchev–Trinajstić information content (AvgIpc) is 2.52. The molecule has 0 aliphatic carbocycles. The SMILES string of the molecule is CCCOc1cc(NCC2(C(=O)O)CCOCC2)ncn1. The van der Waals surface area contributed by atoms with Crippen LogP contribution in [0.5, 0.6) is 5.88 Å². The van der Waals surface area contributed by atoms with Crippen LogP contribution in [0.1, 0.15) is 26.2 Å². The van der Waals surface area contributed by atoms with Gasteiger partial charge in [0.05, 0.1) is 12.0 Å². The summed E-state index contributed by atoms with van der Waals surface area (Å²) in [5, 5.41) is 12.6. The molecule has 0 spiro atoms. The number of hydrogen-bond acceptors (Lipinski definition) is 6. The minimum atomic E-state index is -0.798. The Morgan fingerprint density at radius 3 is 2.90 bits per heavy atom. The molecule has 116 valence electrons. The molecular formula is C14H21N3O4. The summed E-state index contributed by atoms with van der Waals surface area (Å²) >= 11 is 0. The number of carboxylic acid groups (broad SMARTS) is 1. The number of rotatable bonds is 7. The van der Waals surface area contributed by atoms with Crippen LogP contribution in [0.3, 0.4) is 0 Å². The number of nitrogens with one attached hydrogen (secondary N) is 1. The Hall–Kier alpha value is -1.89. The van der Waals surface area contributed by atoms with Crippen LogP contribution in [0.2, 0.25) is 0 Å². The summed E-state index contributed by atoms with van der Waals surface area (Å²) in [6, 6.07) is 1.69. The summed E-state index contributed by atoms with van der Waals surface area (Å²) in [6.07, 6.45) is 3.30. The van der Waals surface area contributed by atoms with Gasteiger partial charge in [0, 0.05) is 25.8 Å². The van der Waals surface area contributed by atoms with Crippen molar-refractivity contribution in [2.75, 3.05) is 31.7 Å². The average molecular weight is 295 g/mol. The van der Waals surface area contributed by atoms with Crippen molar-refractivity contribution in [1.82, 2.24) is 9.97 Å². The largest absolute Gasteiger partial charge is 0.481 e. The van der Waals surface area contributed by atoms with Crippen molar-refractivity contribution >= 4 is 11.8 Å². The monoisotopic (exact) mass is 295 g/mol. The first-order valence-electron chi connectivity index (χ1n) is 7.16. The third-order valence-electron chi connectivity index (χ3n) is 3.61. The predicted octanol–water partition coefficient (Wildman–Crippen LogP) is 1.56. The van der Waals surface area contributed by atoms with Gasteiger partial charge in [-0.15, -0.1) is 0 Å². The van der Waals surface area contributed by atoms with Crippen LogP contribution in [0, 0.1) is 5.41 Å². The predicted molar refractivity (Wildman–Crippen MR) is 76.4 cm³/mol. The molecule has 1 aromatic heterocycles. The second-order valence-corrected chi connectivity index (χ2v) is 5.14. The third kappa shape index (κ3) is 4.04. The van der Waals surface area contributed by atoms with E-state index in [2.05, 4.69) is 15.3 Å². The Bertz CT molecular complexity index is 475. The minimum absolute atomic E-state index is 0.315. The molecule has 0 aromatic carbocycles. The lowest BCUT2D eigenvalue weighted by atomic mass is 9.80. The fraction of sp³-hybridized carbons (Fsp3) is 0.643. The first kappa shape index (κ1) is 15.5. The first-order valence-corrected chi connectivity index (χ1v) is 7.16. The maximum absolute atomic E-state index is 11.6. The van der Waals surface area contributed by atoms with E-state index >= 15 is 0 Å². The zero-order valence-electron chi connectivity index (χ0n) is 12.2. The van der Waals surface area contributed by atoms with E-state index in [4.69, 9.17) is 9.47 Å². The van der Waals surface area contributed by atoms with Gasteiger partial charge in [-0.3, -0.25) is 4.79 Å². The van der Waals surface area contributed by atoms with E-state index in [0.717, 1.165) is 6.42 Å².